The Kier molecular flexibility index (Phi) is 24.9. The molecule has 0 aliphatic carbocycles. The number of hydrogen-bond donors (Lipinski definition) is 1. The van der Waals surface area contributed by atoms with Crippen molar-refractivity contribution in [1.82, 2.24) is 0 Å². The van der Waals surface area contributed by atoms with Gasteiger partial charge in [0, 0.05) is 12.8 Å². The van der Waals surface area contributed by atoms with Crippen molar-refractivity contribution in [2.24, 2.45) is 0 Å². The molecule has 0 fully saturated rings. The first-order chi connectivity index (χ1) is 19.5. The number of hydrogen-bond acceptors (Lipinski definition) is 7. The molecule has 10 heteroatoms. The number of phosphoric acid groups is 1. The first-order valence-electron chi connectivity index (χ1n) is 16.3. The number of carbonyl (C=O) groups is 2. The molecule has 0 radical (unpaired) electrons. The van der Waals surface area contributed by atoms with Gasteiger partial charge < -0.3 is 18.9 Å². The topological polar surface area (TPSA) is 108 Å². The van der Waals surface area contributed by atoms with E-state index in [1.165, 1.54) is 70.6 Å². The van der Waals surface area contributed by atoms with Crippen molar-refractivity contribution in [3.63, 3.8) is 0 Å². The van der Waals surface area contributed by atoms with Gasteiger partial charge in [-0.2, -0.15) is 0 Å². The summed E-state index contributed by atoms with van der Waals surface area (Å²) in [6.45, 7) is 4.22. The van der Waals surface area contributed by atoms with Crippen molar-refractivity contribution in [1.29, 1.82) is 0 Å². The molecule has 2 unspecified atom stereocenters. The van der Waals surface area contributed by atoms with Gasteiger partial charge in [-0.15, -0.1) is 0 Å². The van der Waals surface area contributed by atoms with E-state index in [0.29, 0.717) is 17.4 Å². The van der Waals surface area contributed by atoms with Crippen LogP contribution < -0.4 is 0 Å². The second kappa shape index (κ2) is 25.5. The number of phosphoric ester groups is 1. The van der Waals surface area contributed by atoms with Crippen LogP contribution in [-0.2, 0) is 32.7 Å². The second-order valence-corrected chi connectivity index (χ2v) is 13.7. The Labute approximate surface area is 251 Å². The van der Waals surface area contributed by atoms with Crippen LogP contribution in [0.25, 0.3) is 0 Å². The normalized spacial score (nSPS) is 14.0. The highest BCUT2D eigenvalue weighted by Crippen LogP contribution is 2.43. The van der Waals surface area contributed by atoms with Crippen LogP contribution in [0.3, 0.4) is 0 Å². The van der Waals surface area contributed by atoms with E-state index in [9.17, 15) is 19.0 Å². The SMILES string of the molecule is CCCCCCCCCCCCCCCCC(=O)OC(COC(=O)CCCCC)COP(=O)(O)OCC[N+](C)(C)C. The van der Waals surface area contributed by atoms with Crippen molar-refractivity contribution in [2.45, 2.75) is 142 Å². The molecule has 2 atom stereocenters. The third-order valence-corrected chi connectivity index (χ3v) is 7.87. The fourth-order valence-corrected chi connectivity index (χ4v) is 4.99. The molecule has 0 aromatic heterocycles. The van der Waals surface area contributed by atoms with E-state index in [1.54, 1.807) is 0 Å². The standard InChI is InChI=1S/C31H62NO8P/c1-6-8-10-11-12-13-14-15-16-17-18-19-20-22-24-31(34)40-29(27-37-30(33)23-21-9-7-2)28-39-41(35,36)38-26-25-32(3,4)5/h29H,6-28H2,1-5H3/p+1. The number of likely N-dealkylation sites (N-methyl/N-ethyl adjacent to an activating group) is 1. The van der Waals surface area contributed by atoms with Crippen molar-refractivity contribution < 1.29 is 42.1 Å². The molecule has 244 valence electrons. The molecule has 0 heterocycles. The predicted molar refractivity (Wildman–Crippen MR) is 165 cm³/mol. The van der Waals surface area contributed by atoms with Crippen LogP contribution in [-0.4, -0.2) is 74.9 Å². The largest absolute Gasteiger partial charge is 0.472 e. The Morgan fingerprint density at radius 3 is 1.61 bits per heavy atom. The zero-order valence-electron chi connectivity index (χ0n) is 27.0. The number of ether oxygens (including phenoxy) is 2. The van der Waals surface area contributed by atoms with Crippen LogP contribution in [0.2, 0.25) is 0 Å². The molecule has 0 saturated carbocycles. The van der Waals surface area contributed by atoms with Crippen molar-refractivity contribution >= 4 is 19.8 Å². The molecular formula is C31H63NO8P+. The Bertz CT molecular complexity index is 698. The van der Waals surface area contributed by atoms with Gasteiger partial charge in [-0.3, -0.25) is 18.6 Å². The molecule has 1 N–H and O–H groups in total. The van der Waals surface area contributed by atoms with E-state index in [4.69, 9.17) is 18.5 Å². The molecule has 0 bridgehead atoms. The number of rotatable bonds is 29. The zero-order valence-corrected chi connectivity index (χ0v) is 27.9. The van der Waals surface area contributed by atoms with E-state index < -0.39 is 32.5 Å². The highest BCUT2D eigenvalue weighted by molar-refractivity contribution is 7.47. The monoisotopic (exact) mass is 608 g/mol. The second-order valence-electron chi connectivity index (χ2n) is 12.2. The summed E-state index contributed by atoms with van der Waals surface area (Å²) in [7, 11) is 1.48. The fraction of sp³-hybridized carbons (Fsp3) is 0.935. The molecule has 0 rings (SSSR count). The molecule has 0 aliphatic rings. The summed E-state index contributed by atoms with van der Waals surface area (Å²) in [6, 6.07) is 0. The average molecular weight is 609 g/mol. The minimum atomic E-state index is -4.34. The minimum Gasteiger partial charge on any atom is -0.462 e. The average Bonchev–Trinajstić information content (AvgIpc) is 2.89. The maximum atomic E-state index is 12.5. The highest BCUT2D eigenvalue weighted by Gasteiger charge is 2.27. The molecule has 0 aromatic rings. The van der Waals surface area contributed by atoms with Crippen LogP contribution >= 0.6 is 7.82 Å². The van der Waals surface area contributed by atoms with Crippen LogP contribution in [0.15, 0.2) is 0 Å². The molecular weight excluding hydrogens is 545 g/mol. The van der Waals surface area contributed by atoms with Crippen LogP contribution in [0.1, 0.15) is 136 Å². The van der Waals surface area contributed by atoms with Crippen molar-refractivity contribution in [3.8, 4) is 0 Å². The predicted octanol–water partition coefficient (Wildman–Crippen LogP) is 7.73. The van der Waals surface area contributed by atoms with E-state index in [0.717, 1.165) is 32.1 Å². The maximum absolute atomic E-state index is 12.5. The Morgan fingerprint density at radius 2 is 1.10 bits per heavy atom. The summed E-state index contributed by atoms with van der Waals surface area (Å²) in [5.41, 5.74) is 0. The lowest BCUT2D eigenvalue weighted by atomic mass is 10.0. The molecule has 0 aliphatic heterocycles. The highest BCUT2D eigenvalue weighted by atomic mass is 31.2. The van der Waals surface area contributed by atoms with Gasteiger partial charge in [0.25, 0.3) is 0 Å². The van der Waals surface area contributed by atoms with E-state index >= 15 is 0 Å². The van der Waals surface area contributed by atoms with Gasteiger partial charge in [0.15, 0.2) is 6.10 Å². The van der Waals surface area contributed by atoms with E-state index in [1.807, 2.05) is 28.1 Å². The Hall–Kier alpha value is -0.990. The van der Waals surface area contributed by atoms with Crippen LogP contribution in [0.4, 0.5) is 0 Å². The number of nitrogens with zero attached hydrogens (tertiary/aromatic N) is 1. The molecule has 0 spiro atoms. The Balaban J connectivity index is 4.30. The van der Waals surface area contributed by atoms with Crippen LogP contribution in [0.5, 0.6) is 0 Å². The maximum Gasteiger partial charge on any atom is 0.472 e. The molecule has 0 saturated heterocycles. The molecule has 9 nitrogen and oxygen atoms in total. The number of carbonyl (C=O) groups excluding carboxylic acids is 2. The van der Waals surface area contributed by atoms with Gasteiger partial charge in [0.05, 0.1) is 27.7 Å². The number of esters is 2. The molecule has 41 heavy (non-hydrogen) atoms. The summed E-state index contributed by atoms with van der Waals surface area (Å²) >= 11 is 0. The zero-order chi connectivity index (χ0) is 30.8. The van der Waals surface area contributed by atoms with Gasteiger partial charge in [-0.05, 0) is 12.8 Å². The molecule has 0 aromatic carbocycles. The van der Waals surface area contributed by atoms with E-state index in [-0.39, 0.29) is 26.1 Å². The van der Waals surface area contributed by atoms with Gasteiger partial charge in [0.1, 0.15) is 19.8 Å². The number of unbranched alkanes of at least 4 members (excludes halogenated alkanes) is 15. The fourth-order valence-electron chi connectivity index (χ4n) is 4.25. The first kappa shape index (κ1) is 40.0. The number of quaternary nitrogens is 1. The molecule has 0 amide bonds. The van der Waals surface area contributed by atoms with Gasteiger partial charge in [-0.25, -0.2) is 4.57 Å². The summed E-state index contributed by atoms with van der Waals surface area (Å²) in [5.74, 6) is -0.823. The minimum absolute atomic E-state index is 0.0350. The quantitative estimate of drug-likeness (QED) is 0.0398. The summed E-state index contributed by atoms with van der Waals surface area (Å²) in [5, 5.41) is 0. The van der Waals surface area contributed by atoms with Crippen molar-refractivity contribution in [2.75, 3.05) is 47.5 Å². The van der Waals surface area contributed by atoms with Crippen LogP contribution in [0, 0.1) is 0 Å². The third kappa shape index (κ3) is 28.9. The third-order valence-electron chi connectivity index (χ3n) is 6.89. The van der Waals surface area contributed by atoms with E-state index in [2.05, 4.69) is 6.92 Å². The summed E-state index contributed by atoms with van der Waals surface area (Å²) in [4.78, 5) is 34.5. The smallest absolute Gasteiger partial charge is 0.462 e. The lowest BCUT2D eigenvalue weighted by Crippen LogP contribution is -2.37. The summed E-state index contributed by atoms with van der Waals surface area (Å²) in [6.07, 6.45) is 19.4. The van der Waals surface area contributed by atoms with Crippen molar-refractivity contribution in [3.05, 3.63) is 0 Å². The first-order valence-corrected chi connectivity index (χ1v) is 17.8. The lowest BCUT2D eigenvalue weighted by molar-refractivity contribution is -0.870. The summed E-state index contributed by atoms with van der Waals surface area (Å²) < 4.78 is 33.7. The Morgan fingerprint density at radius 1 is 0.659 bits per heavy atom. The van der Waals surface area contributed by atoms with Gasteiger partial charge >= 0.3 is 19.8 Å². The van der Waals surface area contributed by atoms with Gasteiger partial charge in [0.2, 0.25) is 0 Å². The lowest BCUT2D eigenvalue weighted by Gasteiger charge is -2.24. The van der Waals surface area contributed by atoms with Gasteiger partial charge in [-0.1, -0.05) is 110 Å².